The highest BCUT2D eigenvalue weighted by atomic mass is 16.4. The number of carboxylic acids is 1. The summed E-state index contributed by atoms with van der Waals surface area (Å²) < 4.78 is 1.50. The molecule has 1 saturated carbocycles. The minimum Gasteiger partial charge on any atom is -0.481 e. The fourth-order valence-corrected chi connectivity index (χ4v) is 4.25. The van der Waals surface area contributed by atoms with E-state index in [9.17, 15) is 14.4 Å². The van der Waals surface area contributed by atoms with Gasteiger partial charge < -0.3 is 15.3 Å². The van der Waals surface area contributed by atoms with E-state index in [0.29, 0.717) is 18.5 Å². The normalized spacial score (nSPS) is 20.7. The van der Waals surface area contributed by atoms with Crippen LogP contribution in [0.4, 0.5) is 0 Å². The van der Waals surface area contributed by atoms with Gasteiger partial charge in [0, 0.05) is 31.2 Å². The molecule has 2 heterocycles. The first kappa shape index (κ1) is 20.4. The first-order chi connectivity index (χ1) is 13.5. The summed E-state index contributed by atoms with van der Waals surface area (Å²) in [6, 6.07) is 0.205. The number of piperidine rings is 1. The van der Waals surface area contributed by atoms with Crippen LogP contribution in [-0.4, -0.2) is 56.2 Å². The first-order valence-electron chi connectivity index (χ1n) is 10.4. The molecule has 154 valence electrons. The number of nitrogens with zero attached hydrogens (tertiary/aromatic N) is 3. The molecule has 8 heteroatoms. The van der Waals surface area contributed by atoms with Gasteiger partial charge in [0.2, 0.25) is 5.91 Å². The van der Waals surface area contributed by atoms with Gasteiger partial charge in [-0.05, 0) is 38.5 Å². The van der Waals surface area contributed by atoms with E-state index in [1.807, 2.05) is 0 Å². The van der Waals surface area contributed by atoms with Gasteiger partial charge in [0.15, 0.2) is 0 Å². The number of aliphatic carboxylic acids is 1. The van der Waals surface area contributed by atoms with Crippen molar-refractivity contribution in [1.82, 2.24) is 20.0 Å². The highest BCUT2D eigenvalue weighted by molar-refractivity contribution is 5.94. The molecule has 0 spiro atoms. The van der Waals surface area contributed by atoms with Crippen molar-refractivity contribution in [1.29, 1.82) is 0 Å². The molecule has 2 aliphatic rings. The zero-order chi connectivity index (χ0) is 19.9. The summed E-state index contributed by atoms with van der Waals surface area (Å²) in [4.78, 5) is 37.8. The van der Waals surface area contributed by atoms with E-state index in [0.717, 1.165) is 44.9 Å². The number of carbonyl (C=O) groups excluding carboxylic acids is 2. The van der Waals surface area contributed by atoms with Crippen LogP contribution in [-0.2, 0) is 16.1 Å². The number of hydrogen-bond acceptors (Lipinski definition) is 4. The molecule has 1 aromatic heterocycles. The van der Waals surface area contributed by atoms with Crippen LogP contribution >= 0.6 is 0 Å². The van der Waals surface area contributed by atoms with Gasteiger partial charge in [0.1, 0.15) is 6.54 Å². The number of aromatic nitrogens is 2. The summed E-state index contributed by atoms with van der Waals surface area (Å²) >= 11 is 0. The van der Waals surface area contributed by atoms with Crippen molar-refractivity contribution < 1.29 is 19.5 Å². The molecule has 1 unspecified atom stereocenters. The zero-order valence-corrected chi connectivity index (χ0v) is 16.3. The smallest absolute Gasteiger partial charge is 0.303 e. The molecule has 0 bridgehead atoms. The molecule has 1 atom stereocenters. The first-order valence-corrected chi connectivity index (χ1v) is 10.4. The second kappa shape index (κ2) is 9.71. The second-order valence-electron chi connectivity index (χ2n) is 7.91. The fraction of sp³-hybridized carbons (Fsp3) is 0.700. The van der Waals surface area contributed by atoms with Gasteiger partial charge in [-0.25, -0.2) is 0 Å². The summed E-state index contributed by atoms with van der Waals surface area (Å²) in [6.45, 7) is 0.739. The molecule has 3 rings (SSSR count). The lowest BCUT2D eigenvalue weighted by molar-refractivity contribution is -0.137. The Morgan fingerprint density at radius 3 is 2.61 bits per heavy atom. The van der Waals surface area contributed by atoms with Crippen LogP contribution in [0.1, 0.15) is 74.6 Å². The largest absolute Gasteiger partial charge is 0.481 e. The van der Waals surface area contributed by atoms with Crippen molar-refractivity contribution in [2.45, 2.75) is 82.8 Å². The highest BCUT2D eigenvalue weighted by Gasteiger charge is 2.28. The molecule has 28 heavy (non-hydrogen) atoms. The third kappa shape index (κ3) is 5.56. The molecule has 8 nitrogen and oxygen atoms in total. The van der Waals surface area contributed by atoms with Crippen molar-refractivity contribution in [3.8, 4) is 0 Å². The van der Waals surface area contributed by atoms with Gasteiger partial charge in [-0.15, -0.1) is 0 Å². The lowest BCUT2D eigenvalue weighted by Crippen LogP contribution is -2.43. The number of hydrogen-bond donors (Lipinski definition) is 2. The lowest BCUT2D eigenvalue weighted by Gasteiger charge is -2.35. The maximum atomic E-state index is 12.9. The molecule has 0 aromatic carbocycles. The predicted octanol–water partition coefficient (Wildman–Crippen LogP) is 2.19. The molecule has 2 N–H and O–H groups in total. The van der Waals surface area contributed by atoms with Crippen LogP contribution in [0, 0.1) is 0 Å². The summed E-state index contributed by atoms with van der Waals surface area (Å²) in [5.41, 5.74) is 0.452. The number of amides is 2. The average Bonchev–Trinajstić information content (AvgIpc) is 3.15. The van der Waals surface area contributed by atoms with E-state index in [-0.39, 0.29) is 36.9 Å². The van der Waals surface area contributed by atoms with E-state index < -0.39 is 5.97 Å². The van der Waals surface area contributed by atoms with Gasteiger partial charge >= 0.3 is 5.97 Å². The van der Waals surface area contributed by atoms with Crippen LogP contribution in [0.25, 0.3) is 0 Å². The zero-order valence-electron chi connectivity index (χ0n) is 16.3. The van der Waals surface area contributed by atoms with Crippen LogP contribution in [0.5, 0.6) is 0 Å². The van der Waals surface area contributed by atoms with Gasteiger partial charge in [-0.1, -0.05) is 19.3 Å². The molecular weight excluding hydrogens is 360 g/mol. The third-order valence-electron chi connectivity index (χ3n) is 5.74. The Morgan fingerprint density at radius 1 is 1.11 bits per heavy atom. The van der Waals surface area contributed by atoms with E-state index >= 15 is 0 Å². The maximum Gasteiger partial charge on any atom is 0.303 e. The molecule has 1 aliphatic heterocycles. The average molecular weight is 390 g/mol. The number of carbonyl (C=O) groups is 3. The predicted molar refractivity (Wildman–Crippen MR) is 103 cm³/mol. The molecule has 1 saturated heterocycles. The molecule has 1 aromatic rings. The van der Waals surface area contributed by atoms with Gasteiger partial charge in [0.25, 0.3) is 5.91 Å². The topological polar surface area (TPSA) is 105 Å². The lowest BCUT2D eigenvalue weighted by atomic mass is 9.95. The number of likely N-dealkylation sites (tertiary alicyclic amines) is 1. The number of rotatable bonds is 7. The van der Waals surface area contributed by atoms with Gasteiger partial charge in [-0.3, -0.25) is 19.1 Å². The Labute approximate surface area is 165 Å². The highest BCUT2D eigenvalue weighted by Crippen LogP contribution is 2.23. The van der Waals surface area contributed by atoms with Crippen molar-refractivity contribution in [3.63, 3.8) is 0 Å². The Balaban J connectivity index is 1.56. The molecule has 0 radical (unpaired) electrons. The van der Waals surface area contributed by atoms with E-state index in [2.05, 4.69) is 10.4 Å². The van der Waals surface area contributed by atoms with Crippen molar-refractivity contribution >= 4 is 17.8 Å². The van der Waals surface area contributed by atoms with Gasteiger partial charge in [0.05, 0.1) is 11.8 Å². The maximum absolute atomic E-state index is 12.9. The number of nitrogens with one attached hydrogen (secondary N) is 1. The second-order valence-corrected chi connectivity index (χ2v) is 7.91. The van der Waals surface area contributed by atoms with Crippen LogP contribution in [0.2, 0.25) is 0 Å². The SMILES string of the molecule is O=C(O)CCC1CCCCN1C(=O)c1cnn(CC(=O)NC2CCCCC2)c1. The Bertz CT molecular complexity index is 696. The van der Waals surface area contributed by atoms with Crippen molar-refractivity contribution in [2.24, 2.45) is 0 Å². The van der Waals surface area contributed by atoms with Crippen molar-refractivity contribution in [2.75, 3.05) is 6.54 Å². The van der Waals surface area contributed by atoms with E-state index in [4.69, 9.17) is 5.11 Å². The minimum atomic E-state index is -0.838. The Hall–Kier alpha value is -2.38. The molecular formula is C20H30N4O4. The molecule has 1 aliphatic carbocycles. The summed E-state index contributed by atoms with van der Waals surface area (Å²) in [5, 5.41) is 16.2. The van der Waals surface area contributed by atoms with E-state index in [1.165, 1.54) is 17.3 Å². The van der Waals surface area contributed by atoms with Crippen LogP contribution in [0.3, 0.4) is 0 Å². The van der Waals surface area contributed by atoms with Crippen LogP contribution < -0.4 is 5.32 Å². The summed E-state index contributed by atoms with van der Waals surface area (Å²) in [5.74, 6) is -1.05. The Kier molecular flexibility index (Phi) is 7.06. The fourth-order valence-electron chi connectivity index (χ4n) is 4.25. The third-order valence-corrected chi connectivity index (χ3v) is 5.74. The van der Waals surface area contributed by atoms with E-state index in [1.54, 1.807) is 11.1 Å². The molecule has 2 fully saturated rings. The van der Waals surface area contributed by atoms with Gasteiger partial charge in [-0.2, -0.15) is 5.10 Å². The Morgan fingerprint density at radius 2 is 1.86 bits per heavy atom. The standard InChI is InChI=1S/C20H30N4O4/c25-18(22-16-6-2-1-3-7-16)14-23-13-15(12-21-23)20(28)24-11-5-4-8-17(24)9-10-19(26)27/h12-13,16-17H,1-11,14H2,(H,22,25)(H,26,27). The summed E-state index contributed by atoms with van der Waals surface area (Å²) in [7, 11) is 0. The van der Waals surface area contributed by atoms with Crippen molar-refractivity contribution in [3.05, 3.63) is 18.0 Å². The molecule has 2 amide bonds. The quantitative estimate of drug-likeness (QED) is 0.743. The monoisotopic (exact) mass is 390 g/mol. The van der Waals surface area contributed by atoms with Crippen LogP contribution in [0.15, 0.2) is 12.4 Å². The summed E-state index contributed by atoms with van der Waals surface area (Å²) in [6.07, 6.45) is 12.0. The number of carboxylic acid groups (broad SMARTS) is 1. The minimum absolute atomic E-state index is 0.0460.